The van der Waals surface area contributed by atoms with E-state index in [4.69, 9.17) is 0 Å². The van der Waals surface area contributed by atoms with E-state index in [9.17, 15) is 18.5 Å². The van der Waals surface area contributed by atoms with Crippen LogP contribution in [0.1, 0.15) is 0 Å². The summed E-state index contributed by atoms with van der Waals surface area (Å²) in [6.07, 6.45) is 0. The highest BCUT2D eigenvalue weighted by Crippen LogP contribution is 2.29. The Morgan fingerprint density at radius 1 is 1.11 bits per heavy atom. The third-order valence-electron chi connectivity index (χ3n) is 2.06. The lowest BCUT2D eigenvalue weighted by atomic mass is 10.4. The summed E-state index contributed by atoms with van der Waals surface area (Å²) in [7, 11) is -3.69. The maximum absolute atomic E-state index is 11.9. The van der Waals surface area contributed by atoms with E-state index in [2.05, 4.69) is 4.72 Å². The standard InChI is InChI=1S/C10H8N2O4S2/c13-12(14)10-7-6-9(17-10)11-18(15,16)8-4-2-1-3-5-8/h1-7,11H. The van der Waals surface area contributed by atoms with Crippen molar-refractivity contribution in [1.29, 1.82) is 0 Å². The first-order valence-corrected chi connectivity index (χ1v) is 7.11. The Morgan fingerprint density at radius 2 is 1.78 bits per heavy atom. The van der Waals surface area contributed by atoms with E-state index >= 15 is 0 Å². The molecule has 0 bridgehead atoms. The second-order valence-corrected chi connectivity index (χ2v) is 6.06. The molecule has 0 unspecified atom stereocenters. The summed E-state index contributed by atoms with van der Waals surface area (Å²) >= 11 is 0.773. The van der Waals surface area contributed by atoms with Crippen molar-refractivity contribution in [3.8, 4) is 0 Å². The topological polar surface area (TPSA) is 89.3 Å². The summed E-state index contributed by atoms with van der Waals surface area (Å²) in [5.41, 5.74) is 0. The van der Waals surface area contributed by atoms with Crippen molar-refractivity contribution >= 4 is 31.4 Å². The Morgan fingerprint density at radius 3 is 2.33 bits per heavy atom. The van der Waals surface area contributed by atoms with Crippen LogP contribution in [0.4, 0.5) is 10.0 Å². The minimum Gasteiger partial charge on any atom is -0.270 e. The Bertz CT molecular complexity index is 664. The molecule has 0 aliphatic rings. The molecule has 2 rings (SSSR count). The normalized spacial score (nSPS) is 11.1. The lowest BCUT2D eigenvalue weighted by Gasteiger charge is -2.04. The summed E-state index contributed by atoms with van der Waals surface area (Å²) in [4.78, 5) is 10.0. The molecule has 1 aromatic heterocycles. The SMILES string of the molecule is O=[N+]([O-])c1ccc(NS(=O)(=O)c2ccccc2)s1. The third-order valence-corrected chi connectivity index (χ3v) is 4.52. The Balaban J connectivity index is 2.25. The van der Waals surface area contributed by atoms with Gasteiger partial charge >= 0.3 is 5.00 Å². The number of nitrogens with zero attached hydrogens (tertiary/aromatic N) is 1. The number of sulfonamides is 1. The zero-order valence-corrected chi connectivity index (χ0v) is 10.6. The predicted molar refractivity (Wildman–Crippen MR) is 68.2 cm³/mol. The summed E-state index contributed by atoms with van der Waals surface area (Å²) < 4.78 is 26.1. The van der Waals surface area contributed by atoms with Crippen LogP contribution in [0.3, 0.4) is 0 Å². The summed E-state index contributed by atoms with van der Waals surface area (Å²) in [6, 6.07) is 10.4. The number of hydrogen-bond acceptors (Lipinski definition) is 5. The van der Waals surface area contributed by atoms with Crippen LogP contribution in [-0.4, -0.2) is 13.3 Å². The van der Waals surface area contributed by atoms with Crippen molar-refractivity contribution in [3.63, 3.8) is 0 Å². The molecule has 1 aromatic carbocycles. The molecule has 0 saturated carbocycles. The van der Waals surface area contributed by atoms with Crippen molar-refractivity contribution in [2.45, 2.75) is 4.90 Å². The zero-order valence-electron chi connectivity index (χ0n) is 8.94. The first kappa shape index (κ1) is 12.5. The minimum atomic E-state index is -3.69. The number of thiophene rings is 1. The van der Waals surface area contributed by atoms with Gasteiger partial charge in [-0.1, -0.05) is 18.2 Å². The molecular formula is C10H8N2O4S2. The first-order valence-electron chi connectivity index (χ1n) is 4.81. The smallest absolute Gasteiger partial charge is 0.270 e. The molecule has 0 radical (unpaired) electrons. The van der Waals surface area contributed by atoms with Gasteiger partial charge in [-0.2, -0.15) is 0 Å². The highest BCUT2D eigenvalue weighted by atomic mass is 32.2. The van der Waals surface area contributed by atoms with Gasteiger partial charge in [-0.05, 0) is 29.5 Å². The number of benzene rings is 1. The molecular weight excluding hydrogens is 276 g/mol. The lowest BCUT2D eigenvalue weighted by molar-refractivity contribution is -0.380. The maximum Gasteiger partial charge on any atom is 0.326 e. The number of nitrogens with one attached hydrogen (secondary N) is 1. The van der Waals surface area contributed by atoms with E-state index in [1.54, 1.807) is 18.2 Å². The van der Waals surface area contributed by atoms with Gasteiger partial charge in [0, 0.05) is 6.07 Å². The van der Waals surface area contributed by atoms with Crippen LogP contribution < -0.4 is 4.72 Å². The predicted octanol–water partition coefficient (Wildman–Crippen LogP) is 2.46. The van der Waals surface area contributed by atoms with Gasteiger partial charge in [0.15, 0.2) is 0 Å². The van der Waals surface area contributed by atoms with Crippen LogP contribution in [0, 0.1) is 10.1 Å². The molecule has 0 amide bonds. The van der Waals surface area contributed by atoms with Gasteiger partial charge in [0.1, 0.15) is 5.00 Å². The van der Waals surface area contributed by atoms with Gasteiger partial charge in [-0.15, -0.1) is 0 Å². The van der Waals surface area contributed by atoms with Gasteiger partial charge in [-0.3, -0.25) is 14.8 Å². The largest absolute Gasteiger partial charge is 0.326 e. The number of rotatable bonds is 4. The Labute approximate surface area is 107 Å². The van der Waals surface area contributed by atoms with Gasteiger partial charge in [0.2, 0.25) is 0 Å². The van der Waals surface area contributed by atoms with Crippen LogP contribution in [0.15, 0.2) is 47.4 Å². The van der Waals surface area contributed by atoms with Gasteiger partial charge < -0.3 is 0 Å². The molecule has 18 heavy (non-hydrogen) atoms. The van der Waals surface area contributed by atoms with Crippen LogP contribution in [-0.2, 0) is 10.0 Å². The lowest BCUT2D eigenvalue weighted by Crippen LogP contribution is -2.11. The fraction of sp³-hybridized carbons (Fsp3) is 0. The Kier molecular flexibility index (Phi) is 3.30. The minimum absolute atomic E-state index is 0.110. The first-order chi connectivity index (χ1) is 8.49. The van der Waals surface area contributed by atoms with E-state index < -0.39 is 14.9 Å². The maximum atomic E-state index is 11.9. The van der Waals surface area contributed by atoms with Crippen LogP contribution >= 0.6 is 11.3 Å². The molecule has 6 nitrogen and oxygen atoms in total. The second-order valence-electron chi connectivity index (χ2n) is 3.31. The Hall–Kier alpha value is -1.93. The second kappa shape index (κ2) is 4.75. The highest BCUT2D eigenvalue weighted by Gasteiger charge is 2.17. The molecule has 1 heterocycles. The van der Waals surface area contributed by atoms with Crippen molar-refractivity contribution in [2.75, 3.05) is 4.72 Å². The van der Waals surface area contributed by atoms with Crippen molar-refractivity contribution in [1.82, 2.24) is 0 Å². The molecule has 1 N–H and O–H groups in total. The molecule has 0 saturated heterocycles. The molecule has 0 atom stereocenters. The number of nitro groups is 1. The van der Waals surface area contributed by atoms with Crippen LogP contribution in [0.2, 0.25) is 0 Å². The fourth-order valence-electron chi connectivity index (χ4n) is 1.27. The quantitative estimate of drug-likeness (QED) is 0.689. The van der Waals surface area contributed by atoms with Crippen molar-refractivity contribution in [3.05, 3.63) is 52.6 Å². The number of hydrogen-bond donors (Lipinski definition) is 1. The molecule has 8 heteroatoms. The monoisotopic (exact) mass is 284 g/mol. The summed E-state index contributed by atoms with van der Waals surface area (Å²) in [6.45, 7) is 0. The van der Waals surface area contributed by atoms with Crippen molar-refractivity contribution in [2.24, 2.45) is 0 Å². The summed E-state index contributed by atoms with van der Waals surface area (Å²) in [5.74, 6) is 0. The molecule has 0 aliphatic heterocycles. The molecule has 0 fully saturated rings. The van der Waals surface area contributed by atoms with E-state index in [-0.39, 0.29) is 14.9 Å². The van der Waals surface area contributed by atoms with E-state index in [0.717, 1.165) is 11.3 Å². The molecule has 94 valence electrons. The highest BCUT2D eigenvalue weighted by molar-refractivity contribution is 7.93. The third kappa shape index (κ3) is 2.66. The van der Waals surface area contributed by atoms with Gasteiger partial charge in [0.25, 0.3) is 10.0 Å². The summed E-state index contributed by atoms with van der Waals surface area (Å²) in [5, 5.41) is 10.6. The van der Waals surface area contributed by atoms with Gasteiger partial charge in [-0.25, -0.2) is 8.42 Å². The molecule has 0 aliphatic carbocycles. The molecule has 2 aromatic rings. The van der Waals surface area contributed by atoms with Crippen LogP contribution in [0.25, 0.3) is 0 Å². The number of anilines is 1. The van der Waals surface area contributed by atoms with Crippen molar-refractivity contribution < 1.29 is 13.3 Å². The average molecular weight is 284 g/mol. The van der Waals surface area contributed by atoms with E-state index in [0.29, 0.717) is 0 Å². The zero-order chi connectivity index (χ0) is 13.2. The van der Waals surface area contributed by atoms with E-state index in [1.807, 2.05) is 0 Å². The van der Waals surface area contributed by atoms with Crippen LogP contribution in [0.5, 0.6) is 0 Å². The molecule has 0 spiro atoms. The van der Waals surface area contributed by atoms with E-state index in [1.165, 1.54) is 24.3 Å². The average Bonchev–Trinajstić information content (AvgIpc) is 2.78. The van der Waals surface area contributed by atoms with Gasteiger partial charge in [0.05, 0.1) is 9.82 Å². The fourth-order valence-corrected chi connectivity index (χ4v) is 3.31.